The number of halogens is 1. The molecule has 0 aromatic heterocycles. The number of carbonyl (C=O) groups is 1. The summed E-state index contributed by atoms with van der Waals surface area (Å²) < 4.78 is 0. The fourth-order valence-corrected chi connectivity index (χ4v) is 2.48. The minimum absolute atomic E-state index is 0. The van der Waals surface area contributed by atoms with Crippen molar-refractivity contribution in [2.75, 3.05) is 21.3 Å². The van der Waals surface area contributed by atoms with Crippen LogP contribution in [0.25, 0.3) is 0 Å². The van der Waals surface area contributed by atoms with Gasteiger partial charge >= 0.3 is 6.03 Å². The highest BCUT2D eigenvalue weighted by Crippen LogP contribution is 2.16. The molecule has 2 rings (SSSR count). The van der Waals surface area contributed by atoms with Crippen LogP contribution >= 0.6 is 12.4 Å². The predicted molar refractivity (Wildman–Crippen MR) is 134 cm³/mol. The van der Waals surface area contributed by atoms with E-state index in [0.717, 1.165) is 11.4 Å². The zero-order chi connectivity index (χ0) is 22.1. The fourth-order valence-electron chi connectivity index (χ4n) is 2.48. The van der Waals surface area contributed by atoms with Gasteiger partial charge in [0.1, 0.15) is 0 Å². The van der Waals surface area contributed by atoms with E-state index in [1.54, 1.807) is 24.3 Å². The summed E-state index contributed by atoms with van der Waals surface area (Å²) in [6.45, 7) is 7.78. The third-order valence-corrected chi connectivity index (χ3v) is 3.62. The van der Waals surface area contributed by atoms with Crippen LogP contribution in [0.15, 0.2) is 58.5 Å². The van der Waals surface area contributed by atoms with Crippen LogP contribution in [-0.2, 0) is 0 Å². The minimum Gasteiger partial charge on any atom is -0.370 e. The van der Waals surface area contributed by atoms with Crippen molar-refractivity contribution < 1.29 is 4.79 Å². The summed E-state index contributed by atoms with van der Waals surface area (Å²) in [5, 5.41) is 11.6. The maximum Gasteiger partial charge on any atom is 0.323 e. The fraction of sp³-hybridized carbons (Fsp3) is 0.286. The van der Waals surface area contributed by atoms with Crippen LogP contribution in [-0.4, -0.2) is 30.0 Å². The van der Waals surface area contributed by atoms with E-state index in [1.807, 2.05) is 52.0 Å². The number of aliphatic imine (C=N–C) groups is 2. The topological polar surface area (TPSA) is 142 Å². The van der Waals surface area contributed by atoms with E-state index in [0.29, 0.717) is 23.3 Å². The van der Waals surface area contributed by atoms with Crippen molar-refractivity contribution in [3.63, 3.8) is 0 Å². The molecule has 0 saturated carbocycles. The Balaban J connectivity index is 0.00000480. The van der Waals surface area contributed by atoms with E-state index in [-0.39, 0.29) is 30.5 Å². The highest BCUT2D eigenvalue weighted by molar-refractivity contribution is 6.00. The largest absolute Gasteiger partial charge is 0.370 e. The van der Waals surface area contributed by atoms with E-state index < -0.39 is 0 Å². The molecule has 0 radical (unpaired) electrons. The molecule has 0 unspecified atom stereocenters. The molecule has 0 aliphatic carbocycles. The summed E-state index contributed by atoms with van der Waals surface area (Å²) in [4.78, 5) is 20.6. The molecular weight excluding hydrogens is 416 g/mol. The Kier molecular flexibility index (Phi) is 10.1. The van der Waals surface area contributed by atoms with Crippen LogP contribution in [0, 0.1) is 0 Å². The lowest BCUT2D eigenvalue weighted by Crippen LogP contribution is -2.24. The maximum absolute atomic E-state index is 12.2. The average Bonchev–Trinajstić information content (AvgIpc) is 2.63. The number of benzene rings is 2. The molecule has 2 aromatic carbocycles. The van der Waals surface area contributed by atoms with Gasteiger partial charge in [0.15, 0.2) is 11.9 Å². The second-order valence-electron chi connectivity index (χ2n) is 7.20. The molecule has 168 valence electrons. The molecule has 31 heavy (non-hydrogen) atoms. The molecule has 0 heterocycles. The molecule has 0 fully saturated rings. The third kappa shape index (κ3) is 9.72. The molecule has 0 atom stereocenters. The lowest BCUT2D eigenvalue weighted by atomic mass is 10.2. The summed E-state index contributed by atoms with van der Waals surface area (Å²) in [5.41, 5.74) is 14.5. The number of carbonyl (C=O) groups excluding carboxylic acids is 1. The number of urea groups is 1. The molecule has 9 nitrogen and oxygen atoms in total. The summed E-state index contributed by atoms with van der Waals surface area (Å²) >= 11 is 0. The van der Waals surface area contributed by atoms with Gasteiger partial charge in [0.05, 0.1) is 0 Å². The number of nitrogens with zero attached hydrogens (tertiary/aromatic N) is 2. The smallest absolute Gasteiger partial charge is 0.323 e. The van der Waals surface area contributed by atoms with Gasteiger partial charge in [-0.2, -0.15) is 0 Å². The number of hydrogen-bond acceptors (Lipinski definition) is 3. The Morgan fingerprint density at radius 1 is 0.645 bits per heavy atom. The summed E-state index contributed by atoms with van der Waals surface area (Å²) in [7, 11) is 0. The molecule has 0 aliphatic heterocycles. The first-order valence-corrected chi connectivity index (χ1v) is 9.70. The monoisotopic (exact) mass is 446 g/mol. The van der Waals surface area contributed by atoms with Gasteiger partial charge in [-0.15, -0.1) is 12.4 Å². The van der Waals surface area contributed by atoms with Gasteiger partial charge in [-0.3, -0.25) is 9.98 Å². The van der Waals surface area contributed by atoms with E-state index in [1.165, 1.54) is 0 Å². The first-order valence-electron chi connectivity index (χ1n) is 9.70. The highest BCUT2D eigenvalue weighted by Gasteiger charge is 2.04. The normalized spacial score (nSPS) is 11.7. The SMILES string of the molecule is CC(C)N=C(N)Nc1ccc(NC(=O)Nc2ccc(NC(N)=NC(C)C)cc2)cc1.Cl. The molecule has 2 aromatic rings. The number of nitrogens with one attached hydrogen (secondary N) is 4. The van der Waals surface area contributed by atoms with Gasteiger partial charge in [-0.25, -0.2) is 4.79 Å². The standard InChI is InChI=1S/C21H30N8O.ClH/c1-13(2)24-19(22)26-15-5-9-17(10-6-15)28-21(30)29-18-11-7-16(8-12-18)27-20(23)25-14(3)4;/h5-14H,1-4H3,(H3,22,24,26)(H3,23,25,27)(H2,28,29,30);1H. The molecular formula is C21H31ClN8O. The highest BCUT2D eigenvalue weighted by atomic mass is 35.5. The molecule has 2 amide bonds. The van der Waals surface area contributed by atoms with Crippen molar-refractivity contribution in [3.05, 3.63) is 48.5 Å². The van der Waals surface area contributed by atoms with Crippen LogP contribution in [0.1, 0.15) is 27.7 Å². The van der Waals surface area contributed by atoms with E-state index >= 15 is 0 Å². The summed E-state index contributed by atoms with van der Waals surface area (Å²) in [5.74, 6) is 0.692. The Hall–Kier alpha value is -3.46. The molecule has 10 heteroatoms. The van der Waals surface area contributed by atoms with Crippen LogP contribution < -0.4 is 32.7 Å². The van der Waals surface area contributed by atoms with Crippen LogP contribution in [0.5, 0.6) is 0 Å². The second kappa shape index (κ2) is 12.3. The Morgan fingerprint density at radius 3 is 1.16 bits per heavy atom. The number of anilines is 4. The van der Waals surface area contributed by atoms with Gasteiger partial charge in [0.2, 0.25) is 0 Å². The van der Waals surface area contributed by atoms with Crippen LogP contribution in [0.3, 0.4) is 0 Å². The maximum atomic E-state index is 12.2. The van der Waals surface area contributed by atoms with Gasteiger partial charge < -0.3 is 32.7 Å². The van der Waals surface area contributed by atoms with E-state index in [4.69, 9.17) is 11.5 Å². The lowest BCUT2D eigenvalue weighted by Gasteiger charge is -2.11. The van der Waals surface area contributed by atoms with Gasteiger partial charge in [0.25, 0.3) is 0 Å². The zero-order valence-electron chi connectivity index (χ0n) is 18.1. The third-order valence-electron chi connectivity index (χ3n) is 3.62. The Morgan fingerprint density at radius 2 is 0.903 bits per heavy atom. The quantitative estimate of drug-likeness (QED) is 0.293. The number of amides is 2. The van der Waals surface area contributed by atoms with E-state index in [2.05, 4.69) is 31.3 Å². The number of nitrogens with two attached hydrogens (primary N) is 2. The summed E-state index contributed by atoms with van der Waals surface area (Å²) in [6.07, 6.45) is 0. The number of hydrogen-bond donors (Lipinski definition) is 6. The average molecular weight is 447 g/mol. The number of guanidine groups is 2. The molecule has 0 bridgehead atoms. The van der Waals surface area contributed by atoms with Crippen LogP contribution in [0.4, 0.5) is 27.5 Å². The Bertz CT molecular complexity index is 819. The van der Waals surface area contributed by atoms with Crippen molar-refractivity contribution in [3.8, 4) is 0 Å². The Labute approximate surface area is 189 Å². The van der Waals surface area contributed by atoms with Crippen molar-refractivity contribution >= 4 is 53.1 Å². The molecule has 0 spiro atoms. The molecule has 0 saturated heterocycles. The predicted octanol–water partition coefficient (Wildman–Crippen LogP) is 4.02. The minimum atomic E-state index is -0.349. The molecule has 8 N–H and O–H groups in total. The zero-order valence-corrected chi connectivity index (χ0v) is 19.0. The first kappa shape index (κ1) is 25.6. The molecule has 0 aliphatic rings. The summed E-state index contributed by atoms with van der Waals surface area (Å²) in [6, 6.07) is 14.2. The first-order chi connectivity index (χ1) is 14.2. The number of rotatable bonds is 6. The van der Waals surface area contributed by atoms with Crippen molar-refractivity contribution in [2.24, 2.45) is 21.5 Å². The lowest BCUT2D eigenvalue weighted by molar-refractivity contribution is 0.262. The van der Waals surface area contributed by atoms with Crippen molar-refractivity contribution in [1.82, 2.24) is 0 Å². The van der Waals surface area contributed by atoms with Crippen molar-refractivity contribution in [1.29, 1.82) is 0 Å². The van der Waals surface area contributed by atoms with Gasteiger partial charge in [-0.1, -0.05) is 0 Å². The van der Waals surface area contributed by atoms with Gasteiger partial charge in [0, 0.05) is 34.8 Å². The van der Waals surface area contributed by atoms with Crippen molar-refractivity contribution in [2.45, 2.75) is 39.8 Å². The van der Waals surface area contributed by atoms with E-state index in [9.17, 15) is 4.79 Å². The second-order valence-corrected chi connectivity index (χ2v) is 7.20. The van der Waals surface area contributed by atoms with Crippen LogP contribution in [0.2, 0.25) is 0 Å². The van der Waals surface area contributed by atoms with Gasteiger partial charge in [-0.05, 0) is 76.2 Å².